The van der Waals surface area contributed by atoms with E-state index in [0.29, 0.717) is 0 Å². The molecule has 0 spiro atoms. The SMILES string of the molecule is CCC/C(C)=C(/I)CCC. The van der Waals surface area contributed by atoms with Gasteiger partial charge in [-0.05, 0) is 45.9 Å². The van der Waals surface area contributed by atoms with Crippen molar-refractivity contribution in [2.45, 2.75) is 46.5 Å². The highest BCUT2D eigenvalue weighted by molar-refractivity contribution is 14.1. The Labute approximate surface area is 78.2 Å². The van der Waals surface area contributed by atoms with E-state index < -0.39 is 0 Å². The third-order valence-electron chi connectivity index (χ3n) is 1.56. The molecular formula is C9H17I. The van der Waals surface area contributed by atoms with E-state index in [-0.39, 0.29) is 0 Å². The Bertz CT molecular complexity index is 99.9. The zero-order valence-corrected chi connectivity index (χ0v) is 9.36. The van der Waals surface area contributed by atoms with E-state index in [1.165, 1.54) is 25.7 Å². The summed E-state index contributed by atoms with van der Waals surface area (Å²) in [4.78, 5) is 0. The minimum Gasteiger partial charge on any atom is -0.0651 e. The van der Waals surface area contributed by atoms with Crippen molar-refractivity contribution in [1.29, 1.82) is 0 Å². The molecule has 10 heavy (non-hydrogen) atoms. The van der Waals surface area contributed by atoms with Crippen LogP contribution in [0, 0.1) is 0 Å². The normalized spacial score (nSPS) is 13.2. The van der Waals surface area contributed by atoms with Crippen LogP contribution in [0.1, 0.15) is 46.5 Å². The smallest absolute Gasteiger partial charge is 0.0105 e. The summed E-state index contributed by atoms with van der Waals surface area (Å²) in [5.41, 5.74) is 1.59. The molecule has 0 rings (SSSR count). The van der Waals surface area contributed by atoms with Crippen molar-refractivity contribution in [3.8, 4) is 0 Å². The predicted molar refractivity (Wildman–Crippen MR) is 56.5 cm³/mol. The molecule has 1 heteroatoms. The molecule has 0 nitrogen and oxygen atoms in total. The number of hydrogen-bond donors (Lipinski definition) is 0. The second-order valence-electron chi connectivity index (χ2n) is 2.69. The van der Waals surface area contributed by atoms with Gasteiger partial charge >= 0.3 is 0 Å². The molecule has 0 fully saturated rings. The third kappa shape index (κ3) is 4.31. The van der Waals surface area contributed by atoms with Crippen LogP contribution in [0.3, 0.4) is 0 Å². The van der Waals surface area contributed by atoms with E-state index in [9.17, 15) is 0 Å². The van der Waals surface area contributed by atoms with Crippen molar-refractivity contribution in [1.82, 2.24) is 0 Å². The number of halogens is 1. The minimum atomic E-state index is 1.27. The third-order valence-corrected chi connectivity index (χ3v) is 3.02. The molecule has 0 radical (unpaired) electrons. The fourth-order valence-corrected chi connectivity index (χ4v) is 1.75. The zero-order chi connectivity index (χ0) is 7.98. The molecule has 0 aromatic rings. The monoisotopic (exact) mass is 252 g/mol. The molecular weight excluding hydrogens is 235 g/mol. The maximum atomic E-state index is 2.47. The van der Waals surface area contributed by atoms with Crippen molar-refractivity contribution in [3.05, 3.63) is 9.15 Å². The summed E-state index contributed by atoms with van der Waals surface area (Å²) in [6.07, 6.45) is 5.10. The molecule has 0 atom stereocenters. The molecule has 0 saturated heterocycles. The summed E-state index contributed by atoms with van der Waals surface area (Å²) in [5.74, 6) is 0. The largest absolute Gasteiger partial charge is 0.0651 e. The first kappa shape index (κ1) is 10.5. The van der Waals surface area contributed by atoms with Crippen molar-refractivity contribution in [3.63, 3.8) is 0 Å². The average Bonchev–Trinajstić information content (AvgIpc) is 1.89. The molecule has 60 valence electrons. The lowest BCUT2D eigenvalue weighted by atomic mass is 10.1. The topological polar surface area (TPSA) is 0 Å². The van der Waals surface area contributed by atoms with Crippen molar-refractivity contribution in [2.24, 2.45) is 0 Å². The van der Waals surface area contributed by atoms with Gasteiger partial charge in [-0.2, -0.15) is 0 Å². The van der Waals surface area contributed by atoms with Gasteiger partial charge in [0.1, 0.15) is 0 Å². The predicted octanol–water partition coefficient (Wildman–Crippen LogP) is 4.30. The van der Waals surface area contributed by atoms with Gasteiger partial charge in [0.05, 0.1) is 0 Å². The first-order valence-electron chi connectivity index (χ1n) is 4.06. The summed E-state index contributed by atoms with van der Waals surface area (Å²) in [6.45, 7) is 6.72. The highest BCUT2D eigenvalue weighted by Crippen LogP contribution is 2.21. The van der Waals surface area contributed by atoms with Crippen LogP contribution in [0.5, 0.6) is 0 Å². The van der Waals surface area contributed by atoms with Crippen molar-refractivity contribution in [2.75, 3.05) is 0 Å². The van der Waals surface area contributed by atoms with E-state index in [1.807, 2.05) is 0 Å². The lowest BCUT2D eigenvalue weighted by molar-refractivity contribution is 0.873. The fourth-order valence-electron chi connectivity index (χ4n) is 0.944. The van der Waals surface area contributed by atoms with Gasteiger partial charge in [0.2, 0.25) is 0 Å². The summed E-state index contributed by atoms with van der Waals surface area (Å²) >= 11 is 2.47. The van der Waals surface area contributed by atoms with Gasteiger partial charge in [-0.1, -0.05) is 32.3 Å². The van der Waals surface area contributed by atoms with Crippen LogP contribution >= 0.6 is 22.6 Å². The van der Waals surface area contributed by atoms with Gasteiger partial charge in [0.15, 0.2) is 0 Å². The Balaban J connectivity index is 3.79. The molecule has 0 saturated carbocycles. The second kappa shape index (κ2) is 6.20. The van der Waals surface area contributed by atoms with E-state index in [1.54, 1.807) is 9.15 Å². The van der Waals surface area contributed by atoms with Gasteiger partial charge in [-0.15, -0.1) is 0 Å². The molecule has 0 aliphatic carbocycles. The zero-order valence-electron chi connectivity index (χ0n) is 7.21. The first-order chi connectivity index (χ1) is 4.72. The van der Waals surface area contributed by atoms with Gasteiger partial charge < -0.3 is 0 Å². The summed E-state index contributed by atoms with van der Waals surface area (Å²) in [5, 5.41) is 0. The standard InChI is InChI=1S/C9H17I/c1-4-6-8(3)9(10)7-5-2/h4-7H2,1-3H3/b9-8+. The van der Waals surface area contributed by atoms with Crippen LogP contribution < -0.4 is 0 Å². The average molecular weight is 252 g/mol. The highest BCUT2D eigenvalue weighted by atomic mass is 127. The number of allylic oxidation sites excluding steroid dienone is 2. The van der Waals surface area contributed by atoms with Gasteiger partial charge in [-0.3, -0.25) is 0 Å². The van der Waals surface area contributed by atoms with Crippen molar-refractivity contribution >= 4 is 22.6 Å². The number of hydrogen-bond acceptors (Lipinski definition) is 0. The van der Waals surface area contributed by atoms with E-state index in [2.05, 4.69) is 43.4 Å². The van der Waals surface area contributed by atoms with Crippen LogP contribution in [-0.2, 0) is 0 Å². The fraction of sp³-hybridized carbons (Fsp3) is 0.778. The molecule has 0 aromatic heterocycles. The van der Waals surface area contributed by atoms with Crippen LogP contribution in [0.25, 0.3) is 0 Å². The molecule has 0 aliphatic heterocycles. The van der Waals surface area contributed by atoms with Gasteiger partial charge in [0, 0.05) is 0 Å². The van der Waals surface area contributed by atoms with Crippen LogP contribution in [0.4, 0.5) is 0 Å². The van der Waals surface area contributed by atoms with E-state index in [4.69, 9.17) is 0 Å². The molecule has 0 heterocycles. The van der Waals surface area contributed by atoms with Gasteiger partial charge in [-0.25, -0.2) is 0 Å². The van der Waals surface area contributed by atoms with Gasteiger partial charge in [0.25, 0.3) is 0 Å². The summed E-state index contributed by atoms with van der Waals surface area (Å²) < 4.78 is 1.57. The Kier molecular flexibility index (Phi) is 6.49. The van der Waals surface area contributed by atoms with Crippen LogP contribution in [-0.4, -0.2) is 0 Å². The maximum Gasteiger partial charge on any atom is -0.0105 e. The molecule has 0 unspecified atom stereocenters. The maximum absolute atomic E-state index is 2.47. The Morgan fingerprint density at radius 3 is 2.00 bits per heavy atom. The Hall–Kier alpha value is 0.470. The molecule has 0 N–H and O–H groups in total. The number of rotatable bonds is 4. The molecule has 0 aromatic carbocycles. The lowest BCUT2D eigenvalue weighted by Crippen LogP contribution is -1.80. The minimum absolute atomic E-state index is 1.27. The lowest BCUT2D eigenvalue weighted by Gasteiger charge is -2.02. The first-order valence-corrected chi connectivity index (χ1v) is 5.14. The van der Waals surface area contributed by atoms with E-state index >= 15 is 0 Å². The highest BCUT2D eigenvalue weighted by Gasteiger charge is 1.95. The summed E-state index contributed by atoms with van der Waals surface area (Å²) in [6, 6.07) is 0. The second-order valence-corrected chi connectivity index (χ2v) is 3.99. The van der Waals surface area contributed by atoms with E-state index in [0.717, 1.165) is 0 Å². The molecule has 0 aliphatic rings. The quantitative estimate of drug-likeness (QED) is 0.654. The van der Waals surface area contributed by atoms with Crippen LogP contribution in [0.2, 0.25) is 0 Å². The van der Waals surface area contributed by atoms with Crippen LogP contribution in [0.15, 0.2) is 9.15 Å². The summed E-state index contributed by atoms with van der Waals surface area (Å²) in [7, 11) is 0. The Morgan fingerprint density at radius 1 is 1.10 bits per heavy atom. The molecule has 0 amide bonds. The molecule has 0 bridgehead atoms. The van der Waals surface area contributed by atoms with Crippen molar-refractivity contribution < 1.29 is 0 Å². The Morgan fingerprint density at radius 2 is 1.60 bits per heavy atom.